The number of anilines is 2. The van der Waals surface area contributed by atoms with Gasteiger partial charge < -0.3 is 16.3 Å². The predicted octanol–water partition coefficient (Wildman–Crippen LogP) is 7.33. The van der Waals surface area contributed by atoms with Gasteiger partial charge >= 0.3 is 5.97 Å². The number of aliphatic carboxylic acids is 1. The van der Waals surface area contributed by atoms with Gasteiger partial charge in [-0.3, -0.25) is 0 Å². The molecule has 5 nitrogen and oxygen atoms in total. The number of carboxylic acids is 1. The lowest BCUT2D eigenvalue weighted by Gasteiger charge is -2.17. The highest BCUT2D eigenvalue weighted by Crippen LogP contribution is 2.36. The highest BCUT2D eigenvalue weighted by Gasteiger charge is 2.13. The normalized spacial score (nSPS) is 11.8. The molecule has 0 atom stereocenters. The third-order valence-corrected chi connectivity index (χ3v) is 5.82. The van der Waals surface area contributed by atoms with Gasteiger partial charge in [0.05, 0.1) is 6.21 Å². The van der Waals surface area contributed by atoms with E-state index in [0.29, 0.717) is 0 Å². The fourth-order valence-electron chi connectivity index (χ4n) is 4.22. The molecule has 0 bridgehead atoms. The number of nitrogens with two attached hydrogens (primary N) is 1. The maximum atomic E-state index is 11.2. The van der Waals surface area contributed by atoms with Crippen LogP contribution in [0.3, 0.4) is 0 Å². The van der Waals surface area contributed by atoms with Crippen molar-refractivity contribution in [2.45, 2.75) is 13.3 Å². The number of para-hydroxylation sites is 1. The summed E-state index contributed by atoms with van der Waals surface area (Å²) in [5.41, 5.74) is 8.89. The van der Waals surface area contributed by atoms with Gasteiger partial charge in [-0.1, -0.05) is 73.7 Å². The molecule has 0 radical (unpaired) electrons. The molecule has 5 heteroatoms. The first-order valence-electron chi connectivity index (χ1n) is 12.1. The van der Waals surface area contributed by atoms with Gasteiger partial charge in [0, 0.05) is 17.5 Å². The molecule has 37 heavy (non-hydrogen) atoms. The lowest BCUT2D eigenvalue weighted by atomic mass is 9.88. The molecule has 0 fully saturated rings. The summed E-state index contributed by atoms with van der Waals surface area (Å²) >= 11 is 0. The van der Waals surface area contributed by atoms with Crippen molar-refractivity contribution in [1.29, 1.82) is 0 Å². The fourth-order valence-corrected chi connectivity index (χ4v) is 4.22. The minimum Gasteiger partial charge on any atom is -0.478 e. The number of allylic oxidation sites excluding steroid dienone is 1. The van der Waals surface area contributed by atoms with Gasteiger partial charge in [-0.2, -0.15) is 5.10 Å². The standard InChI is InChI=1S/C32H29N3O2/c1-2-8-29(25-10-6-9-24(19-25)22-34-33)30-17-15-23(16-18-32(36)37)20-31(30)26-11-7-14-28(21-26)35-27-12-4-3-5-13-27/h3-22,35H,2,33H2,1H3,(H,36,37)/b18-16+,29-8+,34-22-. The molecule has 0 amide bonds. The summed E-state index contributed by atoms with van der Waals surface area (Å²) in [6, 6.07) is 32.4. The summed E-state index contributed by atoms with van der Waals surface area (Å²) in [6.07, 6.45) is 7.46. The Bertz CT molecular complexity index is 1470. The van der Waals surface area contributed by atoms with E-state index >= 15 is 0 Å². The summed E-state index contributed by atoms with van der Waals surface area (Å²) in [5, 5.41) is 16.3. The van der Waals surface area contributed by atoms with Gasteiger partial charge in [0.1, 0.15) is 0 Å². The molecule has 0 aliphatic rings. The zero-order valence-electron chi connectivity index (χ0n) is 20.6. The van der Waals surface area contributed by atoms with Gasteiger partial charge in [-0.05, 0) is 87.8 Å². The van der Waals surface area contributed by atoms with Gasteiger partial charge in [-0.25, -0.2) is 4.79 Å². The van der Waals surface area contributed by atoms with Gasteiger partial charge in [-0.15, -0.1) is 0 Å². The third-order valence-electron chi connectivity index (χ3n) is 5.82. The summed E-state index contributed by atoms with van der Waals surface area (Å²) in [7, 11) is 0. The van der Waals surface area contributed by atoms with Crippen molar-refractivity contribution < 1.29 is 9.90 Å². The van der Waals surface area contributed by atoms with Crippen molar-refractivity contribution in [3.8, 4) is 11.1 Å². The summed E-state index contributed by atoms with van der Waals surface area (Å²) in [6.45, 7) is 2.11. The van der Waals surface area contributed by atoms with Gasteiger partial charge in [0.15, 0.2) is 0 Å². The zero-order chi connectivity index (χ0) is 26.0. The average molecular weight is 488 g/mol. The number of nitrogens with zero attached hydrogens (tertiary/aromatic N) is 1. The summed E-state index contributed by atoms with van der Waals surface area (Å²) in [5.74, 6) is 4.41. The molecule has 0 aliphatic heterocycles. The second-order valence-electron chi connectivity index (χ2n) is 8.48. The largest absolute Gasteiger partial charge is 0.478 e. The van der Waals surface area contributed by atoms with E-state index in [4.69, 9.17) is 10.9 Å². The summed E-state index contributed by atoms with van der Waals surface area (Å²) < 4.78 is 0. The van der Waals surface area contributed by atoms with Gasteiger partial charge in [0.25, 0.3) is 0 Å². The Labute approximate surface area is 217 Å². The third kappa shape index (κ3) is 6.61. The Morgan fingerprint density at radius 3 is 2.43 bits per heavy atom. The molecule has 0 unspecified atom stereocenters. The Balaban J connectivity index is 1.86. The number of hydrazone groups is 1. The molecule has 4 aromatic rings. The molecule has 0 heterocycles. The number of hydrogen-bond donors (Lipinski definition) is 3. The number of hydrogen-bond acceptors (Lipinski definition) is 4. The van der Waals surface area contributed by atoms with Gasteiger partial charge in [0.2, 0.25) is 0 Å². The number of carboxylic acid groups (broad SMARTS) is 1. The topological polar surface area (TPSA) is 87.7 Å². The first-order chi connectivity index (χ1) is 18.1. The van der Waals surface area contributed by atoms with E-state index in [0.717, 1.165) is 62.8 Å². The lowest BCUT2D eigenvalue weighted by Crippen LogP contribution is -1.96. The van der Waals surface area contributed by atoms with Crippen LogP contribution in [0.1, 0.15) is 35.6 Å². The minimum atomic E-state index is -0.982. The van der Waals surface area contributed by atoms with Crippen molar-refractivity contribution in [2.75, 3.05) is 5.32 Å². The zero-order valence-corrected chi connectivity index (χ0v) is 20.6. The molecular formula is C32H29N3O2. The quantitative estimate of drug-likeness (QED) is 0.0998. The van der Waals surface area contributed by atoms with E-state index in [1.165, 1.54) is 0 Å². The van der Waals surface area contributed by atoms with Crippen LogP contribution in [0.15, 0.2) is 114 Å². The lowest BCUT2D eigenvalue weighted by molar-refractivity contribution is -0.131. The first-order valence-corrected chi connectivity index (χ1v) is 12.1. The summed E-state index contributed by atoms with van der Waals surface area (Å²) in [4.78, 5) is 11.2. The molecule has 4 aromatic carbocycles. The molecule has 0 saturated heterocycles. The van der Waals surface area contributed by atoms with Crippen LogP contribution in [0.5, 0.6) is 0 Å². The molecule has 4 N–H and O–H groups in total. The van der Waals surface area contributed by atoms with Crippen molar-refractivity contribution in [2.24, 2.45) is 10.9 Å². The minimum absolute atomic E-state index is 0.808. The van der Waals surface area contributed by atoms with Crippen LogP contribution in [-0.4, -0.2) is 17.3 Å². The van der Waals surface area contributed by atoms with Crippen LogP contribution < -0.4 is 11.2 Å². The number of carbonyl (C=O) groups is 1. The Hall–Kier alpha value is -4.90. The van der Waals surface area contributed by atoms with Crippen LogP contribution in [0, 0.1) is 0 Å². The maximum Gasteiger partial charge on any atom is 0.328 e. The second-order valence-corrected chi connectivity index (χ2v) is 8.48. The predicted molar refractivity (Wildman–Crippen MR) is 154 cm³/mol. The molecular weight excluding hydrogens is 458 g/mol. The van der Waals surface area contributed by atoms with Crippen LogP contribution in [0.25, 0.3) is 22.8 Å². The Kier molecular flexibility index (Phi) is 8.29. The smallest absolute Gasteiger partial charge is 0.328 e. The molecule has 0 spiro atoms. The van der Waals surface area contributed by atoms with Crippen molar-refractivity contribution in [3.63, 3.8) is 0 Å². The fraction of sp³-hybridized carbons (Fsp3) is 0.0625. The van der Waals surface area contributed by atoms with E-state index in [9.17, 15) is 4.79 Å². The number of rotatable bonds is 9. The van der Waals surface area contributed by atoms with Crippen molar-refractivity contribution in [3.05, 3.63) is 131 Å². The van der Waals surface area contributed by atoms with Crippen LogP contribution >= 0.6 is 0 Å². The SMILES string of the molecule is CC/C=C(\c1cccc(/C=N\N)c1)c1ccc(/C=C/C(=O)O)cc1-c1cccc(Nc2ccccc2)c1. The van der Waals surface area contributed by atoms with E-state index in [1.54, 1.807) is 12.3 Å². The highest BCUT2D eigenvalue weighted by atomic mass is 16.4. The van der Waals surface area contributed by atoms with Crippen molar-refractivity contribution in [1.82, 2.24) is 0 Å². The second kappa shape index (κ2) is 12.2. The Morgan fingerprint density at radius 2 is 1.68 bits per heavy atom. The van der Waals surface area contributed by atoms with E-state index in [-0.39, 0.29) is 0 Å². The Morgan fingerprint density at radius 1 is 0.892 bits per heavy atom. The van der Waals surface area contributed by atoms with Crippen LogP contribution in [0.4, 0.5) is 11.4 Å². The van der Waals surface area contributed by atoms with Crippen LogP contribution in [0.2, 0.25) is 0 Å². The van der Waals surface area contributed by atoms with E-state index in [1.807, 2.05) is 66.7 Å². The number of benzene rings is 4. The molecule has 0 aromatic heterocycles. The highest BCUT2D eigenvalue weighted by molar-refractivity contribution is 5.92. The average Bonchev–Trinajstić information content (AvgIpc) is 2.92. The molecule has 4 rings (SSSR count). The maximum absolute atomic E-state index is 11.2. The monoisotopic (exact) mass is 487 g/mol. The molecule has 184 valence electrons. The first kappa shape index (κ1) is 25.2. The van der Waals surface area contributed by atoms with Crippen molar-refractivity contribution >= 4 is 35.2 Å². The van der Waals surface area contributed by atoms with E-state index < -0.39 is 5.97 Å². The van der Waals surface area contributed by atoms with Crippen LogP contribution in [-0.2, 0) is 4.79 Å². The number of nitrogens with one attached hydrogen (secondary N) is 1. The van der Waals surface area contributed by atoms with E-state index in [2.05, 4.69) is 53.7 Å². The molecule has 0 aliphatic carbocycles. The molecule has 0 saturated carbocycles.